The maximum atomic E-state index is 13.1. The van der Waals surface area contributed by atoms with Crippen molar-refractivity contribution in [2.24, 2.45) is 0 Å². The molecule has 0 heterocycles. The molecule has 2 rings (SSSR count). The molecule has 2 aromatic carbocycles. The molecule has 1 atom stereocenters. The van der Waals surface area contributed by atoms with Crippen molar-refractivity contribution in [1.82, 2.24) is 10.2 Å². The van der Waals surface area contributed by atoms with Gasteiger partial charge in [-0.1, -0.05) is 12.1 Å². The van der Waals surface area contributed by atoms with Crippen LogP contribution in [0.15, 0.2) is 48.5 Å². The molecule has 0 unspecified atom stereocenters. The Bertz CT molecular complexity index is 672. The van der Waals surface area contributed by atoms with Gasteiger partial charge in [0.15, 0.2) is 6.61 Å². The predicted molar refractivity (Wildman–Crippen MR) is 94.3 cm³/mol. The number of rotatable bonds is 8. The van der Waals surface area contributed by atoms with Gasteiger partial charge in [0.2, 0.25) is 0 Å². The van der Waals surface area contributed by atoms with E-state index >= 15 is 0 Å². The van der Waals surface area contributed by atoms with Crippen molar-refractivity contribution in [2.75, 3.05) is 34.4 Å². The van der Waals surface area contributed by atoms with Gasteiger partial charge in [0.25, 0.3) is 5.91 Å². The van der Waals surface area contributed by atoms with E-state index in [0.717, 1.165) is 11.3 Å². The van der Waals surface area contributed by atoms with Gasteiger partial charge in [-0.2, -0.15) is 0 Å². The summed E-state index contributed by atoms with van der Waals surface area (Å²) >= 11 is 0. The maximum absolute atomic E-state index is 13.1. The van der Waals surface area contributed by atoms with Crippen molar-refractivity contribution in [3.63, 3.8) is 0 Å². The topological polar surface area (TPSA) is 50.8 Å². The number of methoxy groups -OCH3 is 1. The molecule has 0 saturated carbocycles. The second kappa shape index (κ2) is 9.03. The average molecular weight is 346 g/mol. The number of benzene rings is 2. The molecule has 0 radical (unpaired) electrons. The van der Waals surface area contributed by atoms with Crippen molar-refractivity contribution in [1.29, 1.82) is 0 Å². The minimum Gasteiger partial charge on any atom is -0.497 e. The zero-order valence-corrected chi connectivity index (χ0v) is 14.7. The van der Waals surface area contributed by atoms with Crippen LogP contribution in [0.5, 0.6) is 11.5 Å². The van der Waals surface area contributed by atoms with E-state index in [1.807, 2.05) is 19.0 Å². The number of hydrogen-bond donors (Lipinski definition) is 1. The Morgan fingerprint density at radius 2 is 1.68 bits per heavy atom. The van der Waals surface area contributed by atoms with Crippen LogP contribution in [0.1, 0.15) is 11.6 Å². The fourth-order valence-corrected chi connectivity index (χ4v) is 2.37. The third-order valence-electron chi connectivity index (χ3n) is 3.80. The first-order valence-electron chi connectivity index (χ1n) is 7.95. The van der Waals surface area contributed by atoms with Gasteiger partial charge in [0.1, 0.15) is 17.3 Å². The van der Waals surface area contributed by atoms with E-state index in [-0.39, 0.29) is 24.4 Å². The standard InChI is InChI=1S/C19H23FN2O3/c1-22(2)18(14-4-6-15(20)7-5-14)12-21-19(23)13-25-17-10-8-16(24-3)9-11-17/h4-11,18H,12-13H2,1-3H3,(H,21,23)/t18-/m0/s1. The van der Waals surface area contributed by atoms with Crippen LogP contribution in [0.3, 0.4) is 0 Å². The molecule has 1 N–H and O–H groups in total. The number of ether oxygens (including phenoxy) is 2. The molecule has 6 heteroatoms. The summed E-state index contributed by atoms with van der Waals surface area (Å²) in [5, 5.41) is 2.85. The first kappa shape index (κ1) is 18.7. The highest BCUT2D eigenvalue weighted by Gasteiger charge is 2.15. The highest BCUT2D eigenvalue weighted by molar-refractivity contribution is 5.77. The van der Waals surface area contributed by atoms with Gasteiger partial charge in [0, 0.05) is 6.54 Å². The number of carbonyl (C=O) groups is 1. The first-order valence-corrected chi connectivity index (χ1v) is 7.95. The minimum atomic E-state index is -0.279. The molecule has 5 nitrogen and oxygen atoms in total. The van der Waals surface area contributed by atoms with Gasteiger partial charge in [-0.15, -0.1) is 0 Å². The van der Waals surface area contributed by atoms with Gasteiger partial charge < -0.3 is 19.7 Å². The third-order valence-corrected chi connectivity index (χ3v) is 3.80. The number of nitrogens with zero attached hydrogens (tertiary/aromatic N) is 1. The Kier molecular flexibility index (Phi) is 6.77. The van der Waals surface area contributed by atoms with E-state index in [1.54, 1.807) is 43.5 Å². The Labute approximate surface area is 147 Å². The average Bonchev–Trinajstić information content (AvgIpc) is 2.61. The highest BCUT2D eigenvalue weighted by atomic mass is 19.1. The van der Waals surface area contributed by atoms with Crippen LogP contribution in [-0.2, 0) is 4.79 Å². The summed E-state index contributed by atoms with van der Waals surface area (Å²) < 4.78 is 23.6. The SMILES string of the molecule is COc1ccc(OCC(=O)NC[C@@H](c2ccc(F)cc2)N(C)C)cc1. The normalized spacial score (nSPS) is 11.9. The van der Waals surface area contributed by atoms with Gasteiger partial charge >= 0.3 is 0 Å². The lowest BCUT2D eigenvalue weighted by molar-refractivity contribution is -0.123. The van der Waals surface area contributed by atoms with Gasteiger partial charge in [-0.3, -0.25) is 4.79 Å². The summed E-state index contributed by atoms with van der Waals surface area (Å²) in [6.07, 6.45) is 0. The summed E-state index contributed by atoms with van der Waals surface area (Å²) in [4.78, 5) is 14.0. The quantitative estimate of drug-likeness (QED) is 0.798. The van der Waals surface area contributed by atoms with Crippen molar-refractivity contribution in [3.8, 4) is 11.5 Å². The maximum Gasteiger partial charge on any atom is 0.258 e. The number of amides is 1. The molecule has 0 fully saturated rings. The zero-order chi connectivity index (χ0) is 18.2. The van der Waals surface area contributed by atoms with Crippen LogP contribution in [0.4, 0.5) is 4.39 Å². The van der Waals surface area contributed by atoms with E-state index in [9.17, 15) is 9.18 Å². The molecule has 0 aliphatic rings. The summed E-state index contributed by atoms with van der Waals surface area (Å²) in [6, 6.07) is 13.3. The van der Waals surface area contributed by atoms with Crippen LogP contribution in [0.25, 0.3) is 0 Å². The number of likely N-dealkylation sites (N-methyl/N-ethyl adjacent to an activating group) is 1. The number of hydrogen-bond acceptors (Lipinski definition) is 4. The summed E-state index contributed by atoms with van der Waals surface area (Å²) in [6.45, 7) is 0.333. The molecular weight excluding hydrogens is 323 g/mol. The van der Waals surface area contributed by atoms with Crippen molar-refractivity contribution in [2.45, 2.75) is 6.04 Å². The largest absolute Gasteiger partial charge is 0.497 e. The monoisotopic (exact) mass is 346 g/mol. The Morgan fingerprint density at radius 3 is 2.24 bits per heavy atom. The number of nitrogens with one attached hydrogen (secondary N) is 1. The lowest BCUT2D eigenvalue weighted by Gasteiger charge is -2.25. The van der Waals surface area contributed by atoms with E-state index in [2.05, 4.69) is 5.32 Å². The van der Waals surface area contributed by atoms with Gasteiger partial charge in [0.05, 0.1) is 13.2 Å². The summed E-state index contributed by atoms with van der Waals surface area (Å²) in [5.74, 6) is 0.825. The highest BCUT2D eigenvalue weighted by Crippen LogP contribution is 2.18. The first-order chi connectivity index (χ1) is 12.0. The molecule has 0 aromatic heterocycles. The molecule has 0 saturated heterocycles. The van der Waals surface area contributed by atoms with Crippen LogP contribution in [0.2, 0.25) is 0 Å². The van der Waals surface area contributed by atoms with Crippen LogP contribution in [-0.4, -0.2) is 45.2 Å². The molecule has 2 aromatic rings. The minimum absolute atomic E-state index is 0.0504. The third kappa shape index (κ3) is 5.76. The smallest absolute Gasteiger partial charge is 0.258 e. The second-order valence-electron chi connectivity index (χ2n) is 5.80. The lowest BCUT2D eigenvalue weighted by Crippen LogP contribution is -2.36. The number of carbonyl (C=O) groups excluding carboxylic acids is 1. The van der Waals surface area contributed by atoms with E-state index in [0.29, 0.717) is 12.3 Å². The van der Waals surface area contributed by atoms with Crippen LogP contribution >= 0.6 is 0 Å². The lowest BCUT2D eigenvalue weighted by atomic mass is 10.1. The molecule has 0 aliphatic carbocycles. The molecule has 25 heavy (non-hydrogen) atoms. The van der Waals surface area contributed by atoms with E-state index in [1.165, 1.54) is 12.1 Å². The second-order valence-corrected chi connectivity index (χ2v) is 5.80. The van der Waals surface area contributed by atoms with E-state index in [4.69, 9.17) is 9.47 Å². The Morgan fingerprint density at radius 1 is 1.08 bits per heavy atom. The predicted octanol–water partition coefficient (Wildman–Crippen LogP) is 2.63. The molecule has 0 spiro atoms. The van der Waals surface area contributed by atoms with Crippen molar-refractivity contribution in [3.05, 3.63) is 59.9 Å². The molecule has 0 bridgehead atoms. The molecule has 134 valence electrons. The van der Waals surface area contributed by atoms with Crippen molar-refractivity contribution < 1.29 is 18.7 Å². The van der Waals surface area contributed by atoms with Crippen LogP contribution < -0.4 is 14.8 Å². The van der Waals surface area contributed by atoms with Gasteiger partial charge in [-0.05, 0) is 56.1 Å². The van der Waals surface area contributed by atoms with E-state index < -0.39 is 0 Å². The Balaban J connectivity index is 1.85. The van der Waals surface area contributed by atoms with Crippen molar-refractivity contribution >= 4 is 5.91 Å². The molecule has 1 amide bonds. The Hall–Kier alpha value is -2.60. The number of halogens is 1. The summed E-state index contributed by atoms with van der Waals surface area (Å²) in [5.41, 5.74) is 0.933. The zero-order valence-electron chi connectivity index (χ0n) is 14.7. The van der Waals surface area contributed by atoms with Gasteiger partial charge in [-0.25, -0.2) is 4.39 Å². The van der Waals surface area contributed by atoms with Crippen LogP contribution in [0, 0.1) is 5.82 Å². The molecular formula is C19H23FN2O3. The molecule has 0 aliphatic heterocycles. The fraction of sp³-hybridized carbons (Fsp3) is 0.316. The summed E-state index contributed by atoms with van der Waals surface area (Å²) in [7, 11) is 5.41. The fourth-order valence-electron chi connectivity index (χ4n) is 2.37.